The molecule has 0 saturated heterocycles. The molecule has 0 aliphatic carbocycles. The highest BCUT2D eigenvalue weighted by molar-refractivity contribution is 7.94. The molecule has 0 saturated carbocycles. The van der Waals surface area contributed by atoms with Crippen LogP contribution in [0.2, 0.25) is 0 Å². The monoisotopic (exact) mass is 482 g/mol. The molecule has 0 bridgehead atoms. The predicted octanol–water partition coefficient (Wildman–Crippen LogP) is 3.84. The van der Waals surface area contributed by atoms with Crippen LogP contribution >= 0.6 is 11.3 Å². The van der Waals surface area contributed by atoms with Crippen LogP contribution in [0, 0.1) is 5.82 Å². The highest BCUT2D eigenvalue weighted by Crippen LogP contribution is 2.36. The van der Waals surface area contributed by atoms with Crippen molar-refractivity contribution in [2.24, 2.45) is 0 Å². The smallest absolute Gasteiger partial charge is 0.273 e. The number of nitrogens with one attached hydrogen (secondary N) is 1. The fraction of sp³-hybridized carbons (Fsp3) is 0.200. The molecule has 7 nitrogen and oxygen atoms in total. The highest BCUT2D eigenvalue weighted by Gasteiger charge is 2.30. The van der Waals surface area contributed by atoms with E-state index in [2.05, 4.69) is 4.72 Å². The molecule has 4 rings (SSSR count). The Balaban J connectivity index is 1.72. The number of anilines is 2. The fourth-order valence-corrected chi connectivity index (χ4v) is 7.31. The molecule has 2 aromatic carbocycles. The summed E-state index contributed by atoms with van der Waals surface area (Å²) in [4.78, 5) is -0.351. The molecular weight excluding hydrogens is 463 g/mol. The summed E-state index contributed by atoms with van der Waals surface area (Å²) in [6.45, 7) is 0.293. The number of nitrogens with zero attached hydrogens (tertiary/aromatic N) is 1. The maximum Gasteiger partial charge on any atom is 0.273 e. The molecule has 11 heteroatoms. The molecule has 0 spiro atoms. The molecule has 0 amide bonds. The van der Waals surface area contributed by atoms with Crippen molar-refractivity contribution < 1.29 is 26.0 Å². The van der Waals surface area contributed by atoms with Crippen molar-refractivity contribution in [1.29, 1.82) is 0 Å². The molecule has 1 N–H and O–H groups in total. The Morgan fingerprint density at radius 1 is 1.10 bits per heavy atom. The minimum atomic E-state index is -4.18. The first-order valence-electron chi connectivity index (χ1n) is 9.28. The summed E-state index contributed by atoms with van der Waals surface area (Å²) >= 11 is 1.12. The number of hydrogen-bond donors (Lipinski definition) is 1. The van der Waals surface area contributed by atoms with Crippen molar-refractivity contribution in [3.63, 3.8) is 0 Å². The Hall–Kier alpha value is -2.63. The van der Waals surface area contributed by atoms with Crippen LogP contribution < -0.4 is 13.8 Å². The molecule has 31 heavy (non-hydrogen) atoms. The van der Waals surface area contributed by atoms with Gasteiger partial charge in [0.25, 0.3) is 20.0 Å². The van der Waals surface area contributed by atoms with Gasteiger partial charge in [0, 0.05) is 6.54 Å². The van der Waals surface area contributed by atoms with Crippen molar-refractivity contribution in [1.82, 2.24) is 0 Å². The van der Waals surface area contributed by atoms with Gasteiger partial charge in [-0.05, 0) is 60.2 Å². The number of rotatable bonds is 6. The molecule has 1 aliphatic heterocycles. The van der Waals surface area contributed by atoms with Gasteiger partial charge in [0.05, 0.1) is 18.5 Å². The number of hydrogen-bond acceptors (Lipinski definition) is 6. The molecule has 164 valence electrons. The van der Waals surface area contributed by atoms with Crippen molar-refractivity contribution in [2.45, 2.75) is 21.9 Å². The van der Waals surface area contributed by atoms with Crippen LogP contribution in [-0.2, 0) is 26.5 Å². The highest BCUT2D eigenvalue weighted by atomic mass is 32.2. The van der Waals surface area contributed by atoms with Gasteiger partial charge in [-0.2, -0.15) is 0 Å². The van der Waals surface area contributed by atoms with Gasteiger partial charge in [0.2, 0.25) is 0 Å². The minimum Gasteiger partial charge on any atom is -0.495 e. The molecule has 0 radical (unpaired) electrons. The summed E-state index contributed by atoms with van der Waals surface area (Å²) < 4.78 is 74.6. The van der Waals surface area contributed by atoms with Gasteiger partial charge in [-0.3, -0.25) is 9.03 Å². The predicted molar refractivity (Wildman–Crippen MR) is 117 cm³/mol. The first-order chi connectivity index (χ1) is 14.7. The Morgan fingerprint density at radius 2 is 1.90 bits per heavy atom. The topological polar surface area (TPSA) is 92.8 Å². The SMILES string of the molecule is COc1ccc(F)cc1S(=O)(=O)Nc1ccc2c(c1)N(S(=O)(=O)c1cccs1)CCC2. The van der Waals surface area contributed by atoms with Crippen molar-refractivity contribution in [3.05, 3.63) is 65.3 Å². The van der Waals surface area contributed by atoms with E-state index >= 15 is 0 Å². The molecular formula is C20H19FN2O5S3. The summed E-state index contributed by atoms with van der Waals surface area (Å²) in [5.74, 6) is -0.728. The zero-order valence-electron chi connectivity index (χ0n) is 16.4. The van der Waals surface area contributed by atoms with E-state index in [1.165, 1.54) is 29.6 Å². The molecule has 0 unspecified atom stereocenters. The van der Waals surface area contributed by atoms with Crippen LogP contribution in [0.5, 0.6) is 5.75 Å². The van der Waals surface area contributed by atoms with E-state index in [1.807, 2.05) is 0 Å². The molecule has 2 heterocycles. The van der Waals surface area contributed by atoms with Gasteiger partial charge in [-0.1, -0.05) is 12.1 Å². The van der Waals surface area contributed by atoms with E-state index in [-0.39, 0.29) is 20.5 Å². The fourth-order valence-electron chi connectivity index (χ4n) is 3.44. The number of aryl methyl sites for hydroxylation is 1. The standard InChI is InChI=1S/C20H19FN2O5S3/c1-28-18-9-7-15(21)12-19(18)30(24,25)22-16-8-6-14-4-2-10-23(17(14)13-16)31(26,27)20-5-3-11-29-20/h3,5-9,11-13,22H,2,4,10H2,1H3. The van der Waals surface area contributed by atoms with Crippen LogP contribution in [-0.4, -0.2) is 30.5 Å². The summed E-state index contributed by atoms with van der Waals surface area (Å²) in [6.07, 6.45) is 1.33. The summed E-state index contributed by atoms with van der Waals surface area (Å²) in [7, 11) is -6.65. The summed E-state index contributed by atoms with van der Waals surface area (Å²) in [5.41, 5.74) is 1.39. The van der Waals surface area contributed by atoms with E-state index < -0.39 is 25.9 Å². The average Bonchev–Trinajstić information content (AvgIpc) is 3.29. The van der Waals surface area contributed by atoms with Gasteiger partial charge >= 0.3 is 0 Å². The third-order valence-electron chi connectivity index (χ3n) is 4.87. The zero-order valence-corrected chi connectivity index (χ0v) is 18.9. The maximum absolute atomic E-state index is 13.7. The van der Waals surface area contributed by atoms with Crippen molar-refractivity contribution >= 4 is 42.8 Å². The van der Waals surface area contributed by atoms with Gasteiger partial charge in [0.1, 0.15) is 20.7 Å². The van der Waals surface area contributed by atoms with Crippen molar-refractivity contribution in [2.75, 3.05) is 22.7 Å². The summed E-state index contributed by atoms with van der Waals surface area (Å²) in [5, 5.41) is 1.69. The Kier molecular flexibility index (Phi) is 5.67. The van der Waals surface area contributed by atoms with Crippen LogP contribution in [0.15, 0.2) is 63.0 Å². The largest absolute Gasteiger partial charge is 0.495 e. The van der Waals surface area contributed by atoms with Crippen LogP contribution in [0.3, 0.4) is 0 Å². The number of benzene rings is 2. The Labute approximate surface area is 184 Å². The lowest BCUT2D eigenvalue weighted by atomic mass is 10.0. The summed E-state index contributed by atoms with van der Waals surface area (Å²) in [6, 6.07) is 11.2. The minimum absolute atomic E-state index is 0.00578. The lowest BCUT2D eigenvalue weighted by molar-refractivity contribution is 0.401. The second-order valence-corrected chi connectivity index (χ2v) is 11.5. The lowest BCUT2D eigenvalue weighted by Crippen LogP contribution is -2.35. The van der Waals surface area contributed by atoms with Crippen molar-refractivity contribution in [3.8, 4) is 5.75 Å². The van der Waals surface area contributed by atoms with Gasteiger partial charge in [-0.25, -0.2) is 21.2 Å². The number of fused-ring (bicyclic) bond motifs is 1. The van der Waals surface area contributed by atoms with E-state index in [0.717, 1.165) is 29.0 Å². The lowest BCUT2D eigenvalue weighted by Gasteiger charge is -2.30. The molecule has 1 aliphatic rings. The number of halogens is 1. The van der Waals surface area contributed by atoms with Crippen LogP contribution in [0.1, 0.15) is 12.0 Å². The third-order valence-corrected chi connectivity index (χ3v) is 9.46. The molecule has 1 aromatic heterocycles. The molecule has 0 atom stereocenters. The first kappa shape index (κ1) is 21.6. The van der Waals surface area contributed by atoms with Crippen LogP contribution in [0.25, 0.3) is 0 Å². The van der Waals surface area contributed by atoms with Gasteiger partial charge in [0.15, 0.2) is 0 Å². The number of sulfonamides is 2. The van der Waals surface area contributed by atoms with Gasteiger partial charge < -0.3 is 4.74 Å². The maximum atomic E-state index is 13.7. The van der Waals surface area contributed by atoms with E-state index in [1.54, 1.807) is 23.6 Å². The molecule has 0 fully saturated rings. The van der Waals surface area contributed by atoms with E-state index in [9.17, 15) is 21.2 Å². The number of ether oxygens (including phenoxy) is 1. The normalized spacial score (nSPS) is 14.2. The Morgan fingerprint density at radius 3 is 2.61 bits per heavy atom. The zero-order chi connectivity index (χ0) is 22.2. The molecule has 3 aromatic rings. The second-order valence-electron chi connectivity index (χ2n) is 6.86. The first-order valence-corrected chi connectivity index (χ1v) is 13.1. The van der Waals surface area contributed by atoms with Crippen LogP contribution in [0.4, 0.5) is 15.8 Å². The van der Waals surface area contributed by atoms with E-state index in [0.29, 0.717) is 25.1 Å². The van der Waals surface area contributed by atoms with E-state index in [4.69, 9.17) is 4.74 Å². The third kappa shape index (κ3) is 4.12. The average molecular weight is 483 g/mol. The van der Waals surface area contributed by atoms with Gasteiger partial charge in [-0.15, -0.1) is 11.3 Å². The quantitative estimate of drug-likeness (QED) is 0.576. The number of methoxy groups -OCH3 is 1. The number of thiophene rings is 1. The Bertz CT molecular complexity index is 1320. The second kappa shape index (κ2) is 8.13.